The molecule has 2 aromatic rings. The molecule has 0 aromatic heterocycles. The molecule has 0 amide bonds. The lowest BCUT2D eigenvalue weighted by molar-refractivity contribution is 0.0982. The molecule has 0 radical (unpaired) electrons. The Morgan fingerprint density at radius 1 is 1.15 bits per heavy atom. The van der Waals surface area contributed by atoms with Gasteiger partial charge in [0.1, 0.15) is 5.75 Å². The molecule has 0 saturated heterocycles. The van der Waals surface area contributed by atoms with Crippen molar-refractivity contribution >= 4 is 17.5 Å². The molecule has 20 heavy (non-hydrogen) atoms. The normalized spacial score (nSPS) is 10.3. The molecule has 0 fully saturated rings. The number of carbonyl (C=O) groups is 1. The summed E-state index contributed by atoms with van der Waals surface area (Å²) in [5.74, 6) is 1.01. The first-order chi connectivity index (χ1) is 9.72. The Hall–Kier alpha value is -1.74. The number of methoxy groups -OCH3 is 1. The number of ether oxygens (including phenoxy) is 1. The van der Waals surface area contributed by atoms with Crippen LogP contribution in [0.3, 0.4) is 0 Å². The average Bonchev–Trinajstić information content (AvgIpc) is 2.53. The number of hydrogen-bond donors (Lipinski definition) is 0. The number of thioether (sulfide) groups is 1. The van der Waals surface area contributed by atoms with Gasteiger partial charge >= 0.3 is 0 Å². The number of carbonyl (C=O) groups excluding carboxylic acids is 1. The van der Waals surface area contributed by atoms with Gasteiger partial charge in [-0.15, -0.1) is 11.8 Å². The predicted octanol–water partition coefficient (Wildman–Crippen LogP) is 4.23. The predicted molar refractivity (Wildman–Crippen MR) is 83.9 cm³/mol. The quantitative estimate of drug-likeness (QED) is 0.587. The first-order valence-electron chi connectivity index (χ1n) is 6.53. The Kier molecular flexibility index (Phi) is 5.24. The molecule has 104 valence electrons. The van der Waals surface area contributed by atoms with E-state index >= 15 is 0 Å². The molecule has 2 rings (SSSR count). The van der Waals surface area contributed by atoms with Crippen molar-refractivity contribution in [2.45, 2.75) is 17.7 Å². The lowest BCUT2D eigenvalue weighted by Crippen LogP contribution is -2.01. The maximum atomic E-state index is 12.1. The molecule has 0 spiro atoms. The lowest BCUT2D eigenvalue weighted by Gasteiger charge is -2.05. The first-order valence-corrected chi connectivity index (χ1v) is 7.75. The van der Waals surface area contributed by atoms with Crippen molar-refractivity contribution in [2.75, 3.05) is 13.4 Å². The van der Waals surface area contributed by atoms with E-state index in [0.29, 0.717) is 6.42 Å². The SMILES string of the molecule is COc1cccc(CCC(=O)c2ccc(SC)cc2)c1. The maximum Gasteiger partial charge on any atom is 0.163 e. The number of benzene rings is 2. The van der Waals surface area contributed by atoms with E-state index in [-0.39, 0.29) is 5.78 Å². The van der Waals surface area contributed by atoms with Crippen LogP contribution in [0.15, 0.2) is 53.4 Å². The Morgan fingerprint density at radius 3 is 2.55 bits per heavy atom. The van der Waals surface area contributed by atoms with Gasteiger partial charge in [-0.2, -0.15) is 0 Å². The van der Waals surface area contributed by atoms with Gasteiger partial charge in [0.05, 0.1) is 7.11 Å². The van der Waals surface area contributed by atoms with Gasteiger partial charge in [-0.3, -0.25) is 4.79 Å². The van der Waals surface area contributed by atoms with E-state index in [1.165, 1.54) is 4.90 Å². The van der Waals surface area contributed by atoms with E-state index in [0.717, 1.165) is 23.3 Å². The number of Topliss-reactive ketones (excluding diaryl/α,β-unsaturated/α-hetero) is 1. The van der Waals surface area contributed by atoms with Crippen molar-refractivity contribution in [3.63, 3.8) is 0 Å². The minimum absolute atomic E-state index is 0.181. The first kappa shape index (κ1) is 14.7. The van der Waals surface area contributed by atoms with Crippen molar-refractivity contribution in [1.29, 1.82) is 0 Å². The third-order valence-electron chi connectivity index (χ3n) is 3.19. The molecule has 2 aromatic carbocycles. The third kappa shape index (κ3) is 3.87. The molecule has 3 heteroatoms. The fourth-order valence-corrected chi connectivity index (χ4v) is 2.42. The van der Waals surface area contributed by atoms with Crippen LogP contribution < -0.4 is 4.74 Å². The molecule has 0 bridgehead atoms. The second kappa shape index (κ2) is 7.15. The minimum Gasteiger partial charge on any atom is -0.497 e. The summed E-state index contributed by atoms with van der Waals surface area (Å²) >= 11 is 1.68. The highest BCUT2D eigenvalue weighted by Gasteiger charge is 2.06. The molecule has 0 aliphatic carbocycles. The molecular weight excluding hydrogens is 268 g/mol. The minimum atomic E-state index is 0.181. The number of aryl methyl sites for hydroxylation is 1. The van der Waals surface area contributed by atoms with Crippen molar-refractivity contribution < 1.29 is 9.53 Å². The summed E-state index contributed by atoms with van der Waals surface area (Å²) in [7, 11) is 1.65. The third-order valence-corrected chi connectivity index (χ3v) is 3.93. The molecule has 0 aliphatic heterocycles. The van der Waals surface area contributed by atoms with Crippen LogP contribution >= 0.6 is 11.8 Å². The van der Waals surface area contributed by atoms with E-state index in [2.05, 4.69) is 0 Å². The summed E-state index contributed by atoms with van der Waals surface area (Å²) in [5, 5.41) is 0. The molecule has 0 heterocycles. The molecule has 0 saturated carbocycles. The largest absolute Gasteiger partial charge is 0.497 e. The number of hydrogen-bond acceptors (Lipinski definition) is 3. The number of rotatable bonds is 6. The van der Waals surface area contributed by atoms with Gasteiger partial charge in [-0.1, -0.05) is 24.3 Å². The highest BCUT2D eigenvalue weighted by molar-refractivity contribution is 7.98. The topological polar surface area (TPSA) is 26.3 Å². The zero-order valence-corrected chi connectivity index (χ0v) is 12.6. The maximum absolute atomic E-state index is 12.1. The summed E-state index contributed by atoms with van der Waals surface area (Å²) in [6.45, 7) is 0. The van der Waals surface area contributed by atoms with Crippen molar-refractivity contribution in [3.8, 4) is 5.75 Å². The standard InChI is InChI=1S/C17H18O2S/c1-19-15-5-3-4-13(12-15)6-11-17(18)14-7-9-16(20-2)10-8-14/h3-5,7-10,12H,6,11H2,1-2H3. The van der Waals surface area contributed by atoms with Crippen LogP contribution in [0.5, 0.6) is 5.75 Å². The van der Waals surface area contributed by atoms with Gasteiger partial charge in [-0.05, 0) is 42.5 Å². The Bertz CT molecular complexity index is 576. The second-order valence-electron chi connectivity index (χ2n) is 4.50. The van der Waals surface area contributed by atoms with Crippen LogP contribution in [0.2, 0.25) is 0 Å². The van der Waals surface area contributed by atoms with Crippen molar-refractivity contribution in [2.24, 2.45) is 0 Å². The fourth-order valence-electron chi connectivity index (χ4n) is 2.01. The summed E-state index contributed by atoms with van der Waals surface area (Å²) in [5.41, 5.74) is 1.91. The van der Waals surface area contributed by atoms with Crippen LogP contribution in [0.4, 0.5) is 0 Å². The van der Waals surface area contributed by atoms with E-state index in [1.54, 1.807) is 18.9 Å². The van der Waals surface area contributed by atoms with Gasteiger partial charge in [0.15, 0.2) is 5.78 Å². The van der Waals surface area contributed by atoms with Gasteiger partial charge in [0, 0.05) is 16.9 Å². The van der Waals surface area contributed by atoms with Gasteiger partial charge in [0.25, 0.3) is 0 Å². The fraction of sp³-hybridized carbons (Fsp3) is 0.235. The van der Waals surface area contributed by atoms with E-state index in [9.17, 15) is 4.79 Å². The molecule has 0 atom stereocenters. The van der Waals surface area contributed by atoms with Crippen LogP contribution in [0, 0.1) is 0 Å². The highest BCUT2D eigenvalue weighted by Crippen LogP contribution is 2.17. The van der Waals surface area contributed by atoms with Gasteiger partial charge in [0.2, 0.25) is 0 Å². The second-order valence-corrected chi connectivity index (χ2v) is 5.38. The summed E-state index contributed by atoms with van der Waals surface area (Å²) in [6, 6.07) is 15.6. The van der Waals surface area contributed by atoms with Crippen LogP contribution in [0.1, 0.15) is 22.3 Å². The van der Waals surface area contributed by atoms with E-state index < -0.39 is 0 Å². The van der Waals surface area contributed by atoms with Crippen molar-refractivity contribution in [1.82, 2.24) is 0 Å². The summed E-state index contributed by atoms with van der Waals surface area (Å²) in [4.78, 5) is 13.3. The smallest absolute Gasteiger partial charge is 0.163 e. The van der Waals surface area contributed by atoms with Crippen LogP contribution in [0.25, 0.3) is 0 Å². The summed E-state index contributed by atoms with van der Waals surface area (Å²) in [6.07, 6.45) is 3.28. The van der Waals surface area contributed by atoms with Gasteiger partial charge in [-0.25, -0.2) is 0 Å². The molecule has 0 aliphatic rings. The molecule has 0 N–H and O–H groups in total. The Balaban J connectivity index is 1.97. The van der Waals surface area contributed by atoms with E-state index in [1.807, 2.05) is 54.8 Å². The number of ketones is 1. The highest BCUT2D eigenvalue weighted by atomic mass is 32.2. The summed E-state index contributed by atoms with van der Waals surface area (Å²) < 4.78 is 5.18. The zero-order chi connectivity index (χ0) is 14.4. The molecule has 2 nitrogen and oxygen atoms in total. The van der Waals surface area contributed by atoms with Gasteiger partial charge < -0.3 is 4.74 Å². The van der Waals surface area contributed by atoms with Crippen LogP contribution in [-0.4, -0.2) is 19.1 Å². The van der Waals surface area contributed by atoms with E-state index in [4.69, 9.17) is 4.74 Å². The van der Waals surface area contributed by atoms with Crippen molar-refractivity contribution in [3.05, 3.63) is 59.7 Å². The monoisotopic (exact) mass is 286 g/mol. The molecule has 0 unspecified atom stereocenters. The Labute approximate surface area is 124 Å². The lowest BCUT2D eigenvalue weighted by atomic mass is 10.0. The van der Waals surface area contributed by atoms with Crippen LogP contribution in [-0.2, 0) is 6.42 Å². The molecular formula is C17H18O2S. The Morgan fingerprint density at radius 2 is 1.90 bits per heavy atom. The zero-order valence-electron chi connectivity index (χ0n) is 11.8. The average molecular weight is 286 g/mol.